The van der Waals surface area contributed by atoms with Crippen LogP contribution in [0.4, 0.5) is 5.69 Å². The van der Waals surface area contributed by atoms with Gasteiger partial charge in [-0.25, -0.2) is 0 Å². The summed E-state index contributed by atoms with van der Waals surface area (Å²) in [4.78, 5) is 24.1. The van der Waals surface area contributed by atoms with E-state index in [0.717, 1.165) is 19.3 Å². The number of rotatable bonds is 5. The Morgan fingerprint density at radius 2 is 1.83 bits per heavy atom. The Hall–Kier alpha value is -2.24. The minimum Gasteiger partial charge on any atom is -0.550 e. The summed E-state index contributed by atoms with van der Waals surface area (Å²) < 4.78 is 10.4. The lowest BCUT2D eigenvalue weighted by molar-refractivity contribution is -0.314. The van der Waals surface area contributed by atoms with Crippen molar-refractivity contribution in [2.24, 2.45) is 23.7 Å². The minimum absolute atomic E-state index is 0.0681. The third kappa shape index (κ3) is 2.73. The van der Waals surface area contributed by atoms with Gasteiger partial charge in [-0.2, -0.15) is 0 Å². The smallest absolute Gasteiger partial charge is 0.228 e. The summed E-state index contributed by atoms with van der Waals surface area (Å²) >= 11 is 0. The van der Waals surface area contributed by atoms with Crippen molar-refractivity contribution in [3.63, 3.8) is 0 Å². The van der Waals surface area contributed by atoms with Crippen LogP contribution in [0.2, 0.25) is 0 Å². The Morgan fingerprint density at radius 3 is 2.43 bits per heavy atom. The average Bonchev–Trinajstić information content (AvgIpc) is 3.16. The second kappa shape index (κ2) is 6.10. The van der Waals surface area contributed by atoms with Crippen LogP contribution in [-0.2, 0) is 9.59 Å². The van der Waals surface area contributed by atoms with Gasteiger partial charge in [0.2, 0.25) is 5.91 Å². The lowest BCUT2D eigenvalue weighted by atomic mass is 9.78. The zero-order valence-corrected chi connectivity index (χ0v) is 13.2. The lowest BCUT2D eigenvalue weighted by Crippen LogP contribution is -2.43. The maximum atomic E-state index is 12.7. The molecule has 0 aliphatic heterocycles. The maximum Gasteiger partial charge on any atom is 0.228 e. The van der Waals surface area contributed by atoms with Gasteiger partial charge in [-0.15, -0.1) is 0 Å². The molecule has 1 amide bonds. The van der Waals surface area contributed by atoms with Crippen LogP contribution >= 0.6 is 0 Å². The number of benzene rings is 1. The van der Waals surface area contributed by atoms with E-state index in [1.54, 1.807) is 25.3 Å². The zero-order valence-electron chi connectivity index (χ0n) is 13.2. The molecule has 2 fully saturated rings. The van der Waals surface area contributed by atoms with Crippen LogP contribution in [0.25, 0.3) is 0 Å². The van der Waals surface area contributed by atoms with Gasteiger partial charge in [-0.05, 0) is 43.2 Å². The number of ether oxygens (including phenoxy) is 2. The van der Waals surface area contributed by atoms with E-state index in [4.69, 9.17) is 9.47 Å². The van der Waals surface area contributed by atoms with E-state index < -0.39 is 17.8 Å². The molecule has 2 aliphatic carbocycles. The number of methoxy groups -OCH3 is 2. The van der Waals surface area contributed by atoms with Gasteiger partial charge in [-0.1, -0.05) is 0 Å². The Labute approximate surface area is 134 Å². The monoisotopic (exact) mass is 318 g/mol. The molecule has 2 saturated carbocycles. The zero-order chi connectivity index (χ0) is 16.6. The highest BCUT2D eigenvalue weighted by Gasteiger charge is 2.51. The van der Waals surface area contributed by atoms with Crippen molar-refractivity contribution >= 4 is 17.6 Å². The fraction of sp³-hybridized carbons (Fsp3) is 0.529. The quantitative estimate of drug-likeness (QED) is 0.877. The molecule has 0 radical (unpaired) electrons. The van der Waals surface area contributed by atoms with Gasteiger partial charge in [0.25, 0.3) is 0 Å². The average molecular weight is 318 g/mol. The fourth-order valence-corrected chi connectivity index (χ4v) is 4.13. The normalized spacial score (nSPS) is 28.4. The Balaban J connectivity index is 1.80. The SMILES string of the molecule is COc1ccc(NC(=O)[C@H]2[C@@H]3CC[C@@H](C3)[C@@H]2C(=O)[O-])c(OC)c1. The first kappa shape index (κ1) is 15.6. The maximum absolute atomic E-state index is 12.7. The number of aliphatic carboxylic acids is 1. The third-order valence-corrected chi connectivity index (χ3v) is 5.16. The van der Waals surface area contributed by atoms with E-state index in [1.807, 2.05) is 0 Å². The first-order valence-corrected chi connectivity index (χ1v) is 7.79. The van der Waals surface area contributed by atoms with E-state index in [0.29, 0.717) is 17.2 Å². The number of carboxylic acids is 1. The molecule has 6 heteroatoms. The summed E-state index contributed by atoms with van der Waals surface area (Å²) in [7, 11) is 3.05. The van der Waals surface area contributed by atoms with Crippen LogP contribution in [0.1, 0.15) is 19.3 Å². The van der Waals surface area contributed by atoms with Gasteiger partial charge in [0.15, 0.2) is 0 Å². The van der Waals surface area contributed by atoms with E-state index >= 15 is 0 Å². The highest BCUT2D eigenvalue weighted by Crippen LogP contribution is 2.52. The van der Waals surface area contributed by atoms with Gasteiger partial charge >= 0.3 is 0 Å². The summed E-state index contributed by atoms with van der Waals surface area (Å²) in [5, 5.41) is 14.2. The molecule has 0 unspecified atom stereocenters. The van der Waals surface area contributed by atoms with Crippen molar-refractivity contribution in [2.75, 3.05) is 19.5 Å². The number of carbonyl (C=O) groups excluding carboxylic acids is 2. The molecule has 0 saturated heterocycles. The summed E-state index contributed by atoms with van der Waals surface area (Å²) in [5.74, 6) is -1.29. The van der Waals surface area contributed by atoms with E-state index in [1.165, 1.54) is 7.11 Å². The van der Waals surface area contributed by atoms with Crippen LogP contribution in [-0.4, -0.2) is 26.1 Å². The minimum atomic E-state index is -1.11. The van der Waals surface area contributed by atoms with Gasteiger partial charge in [0.05, 0.1) is 19.9 Å². The van der Waals surface area contributed by atoms with E-state index in [9.17, 15) is 14.7 Å². The van der Waals surface area contributed by atoms with Crippen molar-refractivity contribution in [3.05, 3.63) is 18.2 Å². The highest BCUT2D eigenvalue weighted by molar-refractivity contribution is 5.97. The number of hydrogen-bond acceptors (Lipinski definition) is 5. The summed E-state index contributed by atoms with van der Waals surface area (Å²) in [6, 6.07) is 5.08. The Morgan fingerprint density at radius 1 is 1.13 bits per heavy atom. The summed E-state index contributed by atoms with van der Waals surface area (Å²) in [6.45, 7) is 0. The molecular formula is C17H20NO5-. The third-order valence-electron chi connectivity index (χ3n) is 5.16. The number of hydrogen-bond donors (Lipinski definition) is 1. The van der Waals surface area contributed by atoms with Crippen molar-refractivity contribution < 1.29 is 24.2 Å². The first-order chi connectivity index (χ1) is 11.0. The van der Waals surface area contributed by atoms with Gasteiger partial charge in [0.1, 0.15) is 11.5 Å². The van der Waals surface area contributed by atoms with Crippen molar-refractivity contribution in [1.82, 2.24) is 0 Å². The van der Waals surface area contributed by atoms with Crippen LogP contribution in [0.3, 0.4) is 0 Å². The molecule has 3 rings (SSSR count). The molecule has 2 bridgehead atoms. The van der Waals surface area contributed by atoms with Gasteiger partial charge in [0, 0.05) is 23.9 Å². The van der Waals surface area contributed by atoms with Crippen LogP contribution < -0.4 is 19.9 Å². The van der Waals surface area contributed by atoms with Crippen molar-refractivity contribution in [3.8, 4) is 11.5 Å². The number of carbonyl (C=O) groups is 2. The van der Waals surface area contributed by atoms with E-state index in [2.05, 4.69) is 5.32 Å². The fourth-order valence-electron chi connectivity index (χ4n) is 4.13. The molecule has 2 aliphatic rings. The largest absolute Gasteiger partial charge is 0.550 e. The second-order valence-corrected chi connectivity index (χ2v) is 6.26. The number of amides is 1. The molecule has 0 spiro atoms. The first-order valence-electron chi connectivity index (χ1n) is 7.79. The Bertz CT molecular complexity index is 629. The van der Waals surface area contributed by atoms with E-state index in [-0.39, 0.29) is 17.7 Å². The summed E-state index contributed by atoms with van der Waals surface area (Å²) in [6.07, 6.45) is 2.59. The number of nitrogens with one attached hydrogen (secondary N) is 1. The van der Waals surface area contributed by atoms with Gasteiger partial charge in [-0.3, -0.25) is 4.79 Å². The molecule has 1 N–H and O–H groups in total. The highest BCUT2D eigenvalue weighted by atomic mass is 16.5. The number of fused-ring (bicyclic) bond motifs is 2. The van der Waals surface area contributed by atoms with Crippen molar-refractivity contribution in [2.45, 2.75) is 19.3 Å². The van der Waals surface area contributed by atoms with Crippen LogP contribution in [0.5, 0.6) is 11.5 Å². The standard InChI is InChI=1S/C17H21NO5/c1-22-11-5-6-12(13(8-11)23-2)18-16(19)14-9-3-4-10(7-9)15(14)17(20)21/h5-6,8-10,14-15H,3-4,7H2,1-2H3,(H,18,19)(H,20,21)/p-1/t9-,10+,14+,15+/m1/s1. The molecule has 6 nitrogen and oxygen atoms in total. The molecule has 1 aromatic carbocycles. The molecule has 1 aromatic rings. The molecule has 0 heterocycles. The van der Waals surface area contributed by atoms with Gasteiger partial charge < -0.3 is 24.7 Å². The predicted molar refractivity (Wildman–Crippen MR) is 81.0 cm³/mol. The lowest BCUT2D eigenvalue weighted by Gasteiger charge is -2.30. The molecule has 23 heavy (non-hydrogen) atoms. The molecular weight excluding hydrogens is 298 g/mol. The van der Waals surface area contributed by atoms with Crippen LogP contribution in [0.15, 0.2) is 18.2 Å². The van der Waals surface area contributed by atoms with Crippen LogP contribution in [0, 0.1) is 23.7 Å². The molecule has 4 atom stereocenters. The Kier molecular flexibility index (Phi) is 4.15. The second-order valence-electron chi connectivity index (χ2n) is 6.26. The molecule has 0 aromatic heterocycles. The van der Waals surface area contributed by atoms with Crippen molar-refractivity contribution in [1.29, 1.82) is 0 Å². The number of anilines is 1. The predicted octanol–water partition coefficient (Wildman–Crippen LogP) is 1.05. The topological polar surface area (TPSA) is 87.7 Å². The molecule has 124 valence electrons. The summed E-state index contributed by atoms with van der Waals surface area (Å²) in [5.41, 5.74) is 0.512. The number of carboxylic acid groups (broad SMARTS) is 1.